The van der Waals surface area contributed by atoms with Crippen molar-refractivity contribution in [2.45, 2.75) is 6.42 Å². The Bertz CT molecular complexity index is 432. The molecule has 0 spiro atoms. The lowest BCUT2D eigenvalue weighted by atomic mass is 10.1. The zero-order valence-corrected chi connectivity index (χ0v) is 9.08. The average molecular weight is 242 g/mol. The summed E-state index contributed by atoms with van der Waals surface area (Å²) in [4.78, 5) is 24.0. The van der Waals surface area contributed by atoms with Crippen molar-refractivity contribution in [3.05, 3.63) is 30.1 Å². The van der Waals surface area contributed by atoms with E-state index >= 15 is 0 Å². The first-order valence-electron chi connectivity index (χ1n) is 4.83. The molecule has 0 aliphatic carbocycles. The topological polar surface area (TPSA) is 37.4 Å². The molecular formula is C11H9ClFNO2. The highest BCUT2D eigenvalue weighted by Gasteiger charge is 2.34. The van der Waals surface area contributed by atoms with E-state index in [0.717, 1.165) is 0 Å². The van der Waals surface area contributed by atoms with Crippen molar-refractivity contribution in [1.82, 2.24) is 0 Å². The highest BCUT2D eigenvalue weighted by molar-refractivity contribution is 6.64. The number of carbonyl (C=O) groups is 2. The number of benzene rings is 1. The van der Waals surface area contributed by atoms with E-state index in [-0.39, 0.29) is 24.7 Å². The third-order valence-corrected chi connectivity index (χ3v) is 2.89. The fraction of sp³-hybridized carbons (Fsp3) is 0.273. The summed E-state index contributed by atoms with van der Waals surface area (Å²) in [6.45, 7) is 0.271. The maximum absolute atomic E-state index is 12.7. The number of hydrogen-bond acceptors (Lipinski definition) is 2. The molecule has 0 aromatic heterocycles. The predicted molar refractivity (Wildman–Crippen MR) is 57.7 cm³/mol. The molecule has 3 nitrogen and oxygen atoms in total. The Morgan fingerprint density at radius 2 is 2.00 bits per heavy atom. The van der Waals surface area contributed by atoms with Gasteiger partial charge in [0.25, 0.3) is 0 Å². The minimum absolute atomic E-state index is 0.125. The second-order valence-electron chi connectivity index (χ2n) is 3.69. The number of amides is 1. The highest BCUT2D eigenvalue weighted by Crippen LogP contribution is 2.26. The molecule has 0 unspecified atom stereocenters. The van der Waals surface area contributed by atoms with Gasteiger partial charge in [0.05, 0.1) is 5.92 Å². The molecular weight excluding hydrogens is 233 g/mol. The first kappa shape index (κ1) is 11.1. The Morgan fingerprint density at radius 3 is 2.50 bits per heavy atom. The van der Waals surface area contributed by atoms with Gasteiger partial charge < -0.3 is 4.90 Å². The fourth-order valence-electron chi connectivity index (χ4n) is 1.73. The summed E-state index contributed by atoms with van der Waals surface area (Å²) in [5, 5.41) is -0.502. The fourth-order valence-corrected chi connectivity index (χ4v) is 1.88. The van der Waals surface area contributed by atoms with Crippen LogP contribution in [0.25, 0.3) is 0 Å². The molecule has 1 atom stereocenters. The number of rotatable bonds is 2. The van der Waals surface area contributed by atoms with Gasteiger partial charge in [0, 0.05) is 18.7 Å². The van der Waals surface area contributed by atoms with Crippen LogP contribution in [0.3, 0.4) is 0 Å². The van der Waals surface area contributed by atoms with Crippen LogP contribution in [0.15, 0.2) is 24.3 Å². The molecule has 0 saturated carbocycles. The Hall–Kier alpha value is -1.42. The number of anilines is 1. The zero-order chi connectivity index (χ0) is 11.7. The van der Waals surface area contributed by atoms with Crippen LogP contribution in [0.5, 0.6) is 0 Å². The third kappa shape index (κ3) is 2.07. The molecule has 1 fully saturated rings. The quantitative estimate of drug-likeness (QED) is 0.742. The molecule has 1 amide bonds. The van der Waals surface area contributed by atoms with Gasteiger partial charge in [-0.15, -0.1) is 0 Å². The summed E-state index contributed by atoms with van der Waals surface area (Å²) in [5.41, 5.74) is 0.590. The summed E-state index contributed by atoms with van der Waals surface area (Å²) >= 11 is 5.35. The van der Waals surface area contributed by atoms with Gasteiger partial charge in [-0.1, -0.05) is 0 Å². The predicted octanol–water partition coefficient (Wildman–Crippen LogP) is 1.94. The monoisotopic (exact) mass is 241 g/mol. The number of hydrogen-bond donors (Lipinski definition) is 0. The maximum Gasteiger partial charge on any atom is 0.227 e. The van der Waals surface area contributed by atoms with Crippen molar-refractivity contribution in [2.75, 3.05) is 11.4 Å². The van der Waals surface area contributed by atoms with E-state index < -0.39 is 11.2 Å². The van der Waals surface area contributed by atoms with Gasteiger partial charge >= 0.3 is 0 Å². The molecule has 1 heterocycles. The second kappa shape index (κ2) is 4.22. The molecule has 1 aromatic rings. The molecule has 0 bridgehead atoms. The summed E-state index contributed by atoms with van der Waals surface area (Å²) in [6.07, 6.45) is 0.125. The van der Waals surface area contributed by atoms with E-state index in [1.54, 1.807) is 0 Å². The van der Waals surface area contributed by atoms with Crippen molar-refractivity contribution in [3.63, 3.8) is 0 Å². The molecule has 1 saturated heterocycles. The first-order chi connectivity index (χ1) is 7.58. The first-order valence-corrected chi connectivity index (χ1v) is 5.21. The Morgan fingerprint density at radius 1 is 1.38 bits per heavy atom. The molecule has 1 aliphatic rings. The minimum Gasteiger partial charge on any atom is -0.312 e. The third-order valence-electron chi connectivity index (χ3n) is 2.58. The Labute approximate surface area is 96.8 Å². The van der Waals surface area contributed by atoms with Crippen molar-refractivity contribution < 1.29 is 14.0 Å². The van der Waals surface area contributed by atoms with Crippen LogP contribution < -0.4 is 4.90 Å². The van der Waals surface area contributed by atoms with Crippen molar-refractivity contribution >= 4 is 28.4 Å². The molecule has 84 valence electrons. The van der Waals surface area contributed by atoms with Crippen LogP contribution in [-0.2, 0) is 9.59 Å². The number of carbonyl (C=O) groups excluding carboxylic acids is 2. The summed E-state index contributed by atoms with van der Waals surface area (Å²) < 4.78 is 12.7. The van der Waals surface area contributed by atoms with Crippen molar-refractivity contribution in [1.29, 1.82) is 0 Å². The molecule has 5 heteroatoms. The summed E-state index contributed by atoms with van der Waals surface area (Å²) in [7, 11) is 0. The highest BCUT2D eigenvalue weighted by atomic mass is 35.5. The summed E-state index contributed by atoms with van der Waals surface area (Å²) in [5.74, 6) is -0.981. The largest absolute Gasteiger partial charge is 0.312 e. The standard InChI is InChI=1S/C11H9ClFNO2/c12-11(16)7-5-10(15)14(6-7)9-3-1-8(13)2-4-9/h1-4,7H,5-6H2/t7-/m0/s1. The van der Waals surface area contributed by atoms with E-state index in [4.69, 9.17) is 11.6 Å². The number of nitrogens with zero attached hydrogens (tertiary/aromatic N) is 1. The minimum atomic E-state index is -0.502. The lowest BCUT2D eigenvalue weighted by Crippen LogP contribution is -2.25. The summed E-state index contributed by atoms with van der Waals surface area (Å²) in [6, 6.07) is 5.57. The van der Waals surface area contributed by atoms with Crippen molar-refractivity contribution in [2.24, 2.45) is 5.92 Å². The van der Waals surface area contributed by atoms with Gasteiger partial charge in [-0.25, -0.2) is 4.39 Å². The van der Waals surface area contributed by atoms with Crippen LogP contribution >= 0.6 is 11.6 Å². The van der Waals surface area contributed by atoms with Gasteiger partial charge in [-0.05, 0) is 35.9 Å². The van der Waals surface area contributed by atoms with E-state index in [0.29, 0.717) is 5.69 Å². The van der Waals surface area contributed by atoms with E-state index in [1.165, 1.54) is 29.2 Å². The van der Waals surface area contributed by atoms with Crippen LogP contribution in [-0.4, -0.2) is 17.7 Å². The van der Waals surface area contributed by atoms with Gasteiger partial charge in [0.1, 0.15) is 5.82 Å². The lowest BCUT2D eigenvalue weighted by molar-refractivity contribution is -0.120. The van der Waals surface area contributed by atoms with E-state index in [9.17, 15) is 14.0 Å². The Balaban J connectivity index is 2.20. The van der Waals surface area contributed by atoms with Crippen LogP contribution in [0, 0.1) is 11.7 Å². The van der Waals surface area contributed by atoms with Crippen molar-refractivity contribution in [3.8, 4) is 0 Å². The SMILES string of the molecule is O=C(Cl)[C@H]1CC(=O)N(c2ccc(F)cc2)C1. The van der Waals surface area contributed by atoms with Gasteiger partial charge in [-0.2, -0.15) is 0 Å². The van der Waals surface area contributed by atoms with Gasteiger partial charge in [0.15, 0.2) is 0 Å². The second-order valence-corrected chi connectivity index (χ2v) is 4.06. The molecule has 16 heavy (non-hydrogen) atoms. The average Bonchev–Trinajstić information content (AvgIpc) is 2.62. The molecule has 1 aromatic carbocycles. The normalized spacial score (nSPS) is 20.2. The molecule has 0 radical (unpaired) electrons. The van der Waals surface area contributed by atoms with E-state index in [2.05, 4.69) is 0 Å². The van der Waals surface area contributed by atoms with E-state index in [1.807, 2.05) is 0 Å². The van der Waals surface area contributed by atoms with Crippen LogP contribution in [0.4, 0.5) is 10.1 Å². The molecule has 1 aliphatic heterocycles. The smallest absolute Gasteiger partial charge is 0.227 e. The molecule has 2 rings (SSSR count). The Kier molecular flexibility index (Phi) is 2.92. The lowest BCUT2D eigenvalue weighted by Gasteiger charge is -2.15. The van der Waals surface area contributed by atoms with Gasteiger partial charge in [0.2, 0.25) is 11.1 Å². The van der Waals surface area contributed by atoms with Crippen LogP contribution in [0.1, 0.15) is 6.42 Å². The number of halogens is 2. The zero-order valence-electron chi connectivity index (χ0n) is 8.32. The van der Waals surface area contributed by atoms with Gasteiger partial charge in [-0.3, -0.25) is 9.59 Å². The molecule has 0 N–H and O–H groups in total. The maximum atomic E-state index is 12.7. The van der Waals surface area contributed by atoms with Crippen LogP contribution in [0.2, 0.25) is 0 Å².